The van der Waals surface area contributed by atoms with Crippen LogP contribution in [0.2, 0.25) is 0 Å². The predicted molar refractivity (Wildman–Crippen MR) is 91.4 cm³/mol. The first kappa shape index (κ1) is 18.4. The number of aryl methyl sites for hydroxylation is 1. The van der Waals surface area contributed by atoms with Gasteiger partial charge in [-0.25, -0.2) is 14.2 Å². The zero-order chi connectivity index (χ0) is 18.6. The van der Waals surface area contributed by atoms with Gasteiger partial charge in [0.2, 0.25) is 5.91 Å². The maximum Gasteiger partial charge on any atom is 0.319 e. The van der Waals surface area contributed by atoms with E-state index in [1.807, 2.05) is 13.8 Å². The van der Waals surface area contributed by atoms with Gasteiger partial charge in [-0.3, -0.25) is 9.48 Å². The number of carbonyl (C=O) groups excluding carboxylic acids is 2. The van der Waals surface area contributed by atoms with Crippen LogP contribution in [-0.4, -0.2) is 26.7 Å². The molecule has 0 spiro atoms. The van der Waals surface area contributed by atoms with Gasteiger partial charge in [0.05, 0.1) is 11.7 Å². The van der Waals surface area contributed by atoms with E-state index in [1.54, 1.807) is 11.7 Å². The van der Waals surface area contributed by atoms with Crippen LogP contribution in [-0.2, 0) is 11.8 Å². The molecule has 25 heavy (non-hydrogen) atoms. The van der Waals surface area contributed by atoms with Crippen LogP contribution in [0.5, 0.6) is 0 Å². The molecule has 0 saturated heterocycles. The molecule has 0 saturated carbocycles. The van der Waals surface area contributed by atoms with E-state index >= 15 is 0 Å². The summed E-state index contributed by atoms with van der Waals surface area (Å²) in [5, 5.41) is 11.8. The molecule has 0 radical (unpaired) electrons. The monoisotopic (exact) mass is 348 g/mol. The van der Waals surface area contributed by atoms with Crippen molar-refractivity contribution in [3.05, 3.63) is 36.2 Å². The van der Waals surface area contributed by atoms with Gasteiger partial charge in [0.15, 0.2) is 0 Å². The lowest BCUT2D eigenvalue weighted by Gasteiger charge is -2.21. The number of hydrogen-bond donors (Lipinski definition) is 3. The van der Waals surface area contributed by atoms with Crippen LogP contribution >= 0.6 is 0 Å². The van der Waals surface area contributed by atoms with Gasteiger partial charge in [-0.15, -0.1) is 0 Å². The topological polar surface area (TPSA) is 101 Å². The fourth-order valence-corrected chi connectivity index (χ4v) is 2.31. The summed E-state index contributed by atoms with van der Waals surface area (Å²) in [5.41, 5.74) is 0.349. The van der Waals surface area contributed by atoms with Crippen LogP contribution in [0.3, 0.4) is 0 Å². The Bertz CT molecular complexity index is 774. The number of halogens is 1. The Morgan fingerprint density at radius 3 is 2.52 bits per heavy atom. The number of nitrogens with one attached hydrogen (secondary N) is 3. The second-order valence-corrected chi connectivity index (χ2v) is 5.94. The van der Waals surface area contributed by atoms with Crippen LogP contribution in [0.15, 0.2) is 24.5 Å². The van der Waals surface area contributed by atoms with Gasteiger partial charge in [0.1, 0.15) is 18.0 Å². The van der Waals surface area contributed by atoms with E-state index in [2.05, 4.69) is 26.0 Å². The largest absolute Gasteiger partial charge is 0.328 e. The van der Waals surface area contributed by atoms with Crippen molar-refractivity contribution in [2.75, 3.05) is 10.6 Å². The Kier molecular flexibility index (Phi) is 5.68. The summed E-state index contributed by atoms with van der Waals surface area (Å²) in [6.45, 7) is 5.18. The predicted octanol–water partition coefficient (Wildman–Crippen LogP) is 2.43. The summed E-state index contributed by atoms with van der Waals surface area (Å²) in [7, 11) is 1.75. The molecular weight excluding hydrogens is 327 g/mol. The van der Waals surface area contributed by atoms with Crippen LogP contribution in [0.25, 0.3) is 0 Å². The lowest BCUT2D eigenvalue weighted by Crippen LogP contribution is -2.36. The third-order valence-corrected chi connectivity index (χ3v) is 3.51. The Hall–Kier alpha value is -2.97. The van der Waals surface area contributed by atoms with Gasteiger partial charge < -0.3 is 16.0 Å². The van der Waals surface area contributed by atoms with Gasteiger partial charge in [-0.1, -0.05) is 13.8 Å². The van der Waals surface area contributed by atoms with E-state index in [1.165, 1.54) is 31.5 Å². The molecule has 2 aromatic rings. The highest BCUT2D eigenvalue weighted by Gasteiger charge is 2.22. The average molecular weight is 348 g/mol. The van der Waals surface area contributed by atoms with Crippen molar-refractivity contribution in [2.24, 2.45) is 13.0 Å². The molecule has 1 atom stereocenters. The zero-order valence-corrected chi connectivity index (χ0v) is 14.5. The standard InChI is InChI=1S/C16H21FN6O2/c1-9(2)14(15-18-8-19-23(15)4)22-16(25)21-11-5-6-12(17)13(7-11)20-10(3)24/h5-9,14H,1-4H3,(H,20,24)(H2,21,22,25)/t14-/m1/s1. The third kappa shape index (κ3) is 4.75. The summed E-state index contributed by atoms with van der Waals surface area (Å²) < 4.78 is 15.2. The van der Waals surface area contributed by atoms with Crippen LogP contribution in [0.1, 0.15) is 32.6 Å². The van der Waals surface area contributed by atoms with Crippen LogP contribution in [0.4, 0.5) is 20.6 Å². The number of carbonyl (C=O) groups is 2. The smallest absolute Gasteiger partial charge is 0.319 e. The molecule has 3 amide bonds. The minimum atomic E-state index is -0.583. The Morgan fingerprint density at radius 2 is 1.96 bits per heavy atom. The van der Waals surface area contributed by atoms with Crippen molar-refractivity contribution in [3.63, 3.8) is 0 Å². The number of benzene rings is 1. The first-order valence-corrected chi connectivity index (χ1v) is 7.76. The molecule has 134 valence electrons. The van der Waals surface area contributed by atoms with Gasteiger partial charge in [-0.2, -0.15) is 5.10 Å². The van der Waals surface area contributed by atoms with E-state index in [0.29, 0.717) is 11.5 Å². The highest BCUT2D eigenvalue weighted by atomic mass is 19.1. The lowest BCUT2D eigenvalue weighted by atomic mass is 10.0. The molecule has 9 heteroatoms. The van der Waals surface area contributed by atoms with Gasteiger partial charge in [-0.05, 0) is 24.1 Å². The molecule has 0 unspecified atom stereocenters. The molecule has 8 nitrogen and oxygen atoms in total. The number of hydrogen-bond acceptors (Lipinski definition) is 4. The second kappa shape index (κ2) is 7.73. The SMILES string of the molecule is CC(=O)Nc1cc(NC(=O)N[C@@H](c2ncnn2C)C(C)C)ccc1F. The minimum Gasteiger partial charge on any atom is -0.328 e. The van der Waals surface area contributed by atoms with Crippen molar-refractivity contribution in [1.82, 2.24) is 20.1 Å². The van der Waals surface area contributed by atoms with E-state index in [4.69, 9.17) is 0 Å². The molecule has 2 rings (SSSR count). The quantitative estimate of drug-likeness (QED) is 0.772. The molecule has 0 aliphatic rings. The van der Waals surface area contributed by atoms with Crippen LogP contribution in [0, 0.1) is 11.7 Å². The highest BCUT2D eigenvalue weighted by molar-refractivity contribution is 5.92. The molecule has 1 aromatic carbocycles. The first-order valence-electron chi connectivity index (χ1n) is 7.76. The zero-order valence-electron chi connectivity index (χ0n) is 14.5. The van der Waals surface area contributed by atoms with Gasteiger partial charge >= 0.3 is 6.03 Å². The molecule has 0 fully saturated rings. The molecule has 3 N–H and O–H groups in total. The van der Waals surface area contributed by atoms with E-state index in [0.717, 1.165) is 0 Å². The van der Waals surface area contributed by atoms with Crippen LogP contribution < -0.4 is 16.0 Å². The molecule has 1 heterocycles. The maximum atomic E-state index is 13.7. The van der Waals surface area contributed by atoms with Crippen molar-refractivity contribution in [3.8, 4) is 0 Å². The van der Waals surface area contributed by atoms with Crippen molar-refractivity contribution in [1.29, 1.82) is 0 Å². The lowest BCUT2D eigenvalue weighted by molar-refractivity contribution is -0.114. The maximum absolute atomic E-state index is 13.7. The molecule has 1 aromatic heterocycles. The van der Waals surface area contributed by atoms with Crippen molar-refractivity contribution >= 4 is 23.3 Å². The summed E-state index contributed by atoms with van der Waals surface area (Å²) in [4.78, 5) is 27.5. The Balaban J connectivity index is 2.11. The van der Waals surface area contributed by atoms with E-state index in [9.17, 15) is 14.0 Å². The van der Waals surface area contributed by atoms with Gasteiger partial charge in [0, 0.05) is 19.7 Å². The Morgan fingerprint density at radius 1 is 1.24 bits per heavy atom. The highest BCUT2D eigenvalue weighted by Crippen LogP contribution is 2.21. The number of urea groups is 1. The number of aromatic nitrogens is 3. The molecule has 0 aliphatic heterocycles. The Labute approximate surface area is 144 Å². The summed E-state index contributed by atoms with van der Waals surface area (Å²) in [6, 6.07) is 3.12. The number of anilines is 2. The van der Waals surface area contributed by atoms with Gasteiger partial charge in [0.25, 0.3) is 0 Å². The fraction of sp³-hybridized carbons (Fsp3) is 0.375. The fourth-order valence-electron chi connectivity index (χ4n) is 2.31. The van der Waals surface area contributed by atoms with E-state index in [-0.39, 0.29) is 17.6 Å². The van der Waals surface area contributed by atoms with E-state index < -0.39 is 17.8 Å². The number of amides is 3. The minimum absolute atomic E-state index is 0.000916. The average Bonchev–Trinajstić information content (AvgIpc) is 2.93. The molecule has 0 bridgehead atoms. The summed E-state index contributed by atoms with van der Waals surface area (Å²) in [5.74, 6) is -0.275. The third-order valence-electron chi connectivity index (χ3n) is 3.51. The molecular formula is C16H21FN6O2. The summed E-state index contributed by atoms with van der Waals surface area (Å²) >= 11 is 0. The molecule has 0 aliphatic carbocycles. The van der Waals surface area contributed by atoms with Crippen molar-refractivity contribution in [2.45, 2.75) is 26.8 Å². The second-order valence-electron chi connectivity index (χ2n) is 5.94. The first-order chi connectivity index (χ1) is 11.8. The summed E-state index contributed by atoms with van der Waals surface area (Å²) in [6.07, 6.45) is 1.42. The normalized spacial score (nSPS) is 11.9. The number of rotatable bonds is 5. The number of nitrogens with zero attached hydrogens (tertiary/aromatic N) is 3. The van der Waals surface area contributed by atoms with Crippen molar-refractivity contribution < 1.29 is 14.0 Å².